The molecule has 7 heteroatoms. The molecule has 3 heterocycles. The first-order valence-corrected chi connectivity index (χ1v) is 8.13. The number of phenols is 1. The summed E-state index contributed by atoms with van der Waals surface area (Å²) in [6.07, 6.45) is 1.95. The number of benzene rings is 1. The molecule has 0 aliphatic carbocycles. The summed E-state index contributed by atoms with van der Waals surface area (Å²) in [7, 11) is 0. The Morgan fingerprint density at radius 1 is 1.09 bits per heavy atom. The Morgan fingerprint density at radius 3 is 2.55 bits per heavy atom. The van der Waals surface area contributed by atoms with E-state index in [4.69, 9.17) is 0 Å². The zero-order chi connectivity index (χ0) is 15.1. The Labute approximate surface area is 132 Å². The van der Waals surface area contributed by atoms with E-state index in [1.54, 1.807) is 17.4 Å². The number of rotatable bonds is 2. The molecule has 0 amide bonds. The molecule has 1 aromatic carbocycles. The van der Waals surface area contributed by atoms with E-state index in [1.807, 2.05) is 35.8 Å². The van der Waals surface area contributed by atoms with Gasteiger partial charge in [0.2, 0.25) is 10.1 Å². The molecule has 22 heavy (non-hydrogen) atoms. The molecule has 0 saturated carbocycles. The predicted molar refractivity (Wildman–Crippen MR) is 88.1 cm³/mol. The molecule has 1 aliphatic rings. The minimum absolute atomic E-state index is 0.346. The molecule has 0 radical (unpaired) electrons. The zero-order valence-electron chi connectivity index (χ0n) is 12.3. The zero-order valence-corrected chi connectivity index (χ0v) is 13.1. The van der Waals surface area contributed by atoms with E-state index >= 15 is 0 Å². The standard InChI is InChI=1S/C15H17N5OS/c1-11-10-20-14(16-11)22-15(17-20)19-8-6-18(7-9-19)12-4-2-3-5-13(12)21/h2-5,10,21H,6-9H2,1H3. The van der Waals surface area contributed by atoms with Crippen molar-refractivity contribution in [1.29, 1.82) is 0 Å². The Morgan fingerprint density at radius 2 is 1.82 bits per heavy atom. The smallest absolute Gasteiger partial charge is 0.214 e. The van der Waals surface area contributed by atoms with Crippen LogP contribution in [-0.4, -0.2) is 45.9 Å². The van der Waals surface area contributed by atoms with E-state index < -0.39 is 0 Å². The first-order chi connectivity index (χ1) is 10.7. The number of piperazine rings is 1. The van der Waals surface area contributed by atoms with Crippen LogP contribution in [0.25, 0.3) is 4.96 Å². The third-order valence-electron chi connectivity index (χ3n) is 3.93. The van der Waals surface area contributed by atoms with E-state index in [9.17, 15) is 5.11 Å². The lowest BCUT2D eigenvalue weighted by atomic mass is 10.2. The molecule has 6 nitrogen and oxygen atoms in total. The van der Waals surface area contributed by atoms with Crippen molar-refractivity contribution in [2.75, 3.05) is 36.0 Å². The van der Waals surface area contributed by atoms with Crippen LogP contribution >= 0.6 is 11.3 Å². The number of phenolic OH excluding ortho intramolecular Hbond substituents is 1. The van der Waals surface area contributed by atoms with E-state index in [0.717, 1.165) is 47.7 Å². The Balaban J connectivity index is 1.49. The number of nitrogens with zero attached hydrogens (tertiary/aromatic N) is 5. The molecule has 114 valence electrons. The van der Waals surface area contributed by atoms with Gasteiger partial charge in [0.15, 0.2) is 0 Å². The number of aromatic hydroxyl groups is 1. The van der Waals surface area contributed by atoms with Crippen LogP contribution in [0.4, 0.5) is 10.8 Å². The van der Waals surface area contributed by atoms with Crippen LogP contribution in [0.2, 0.25) is 0 Å². The van der Waals surface area contributed by atoms with Gasteiger partial charge in [0.05, 0.1) is 17.6 Å². The maximum Gasteiger partial charge on any atom is 0.214 e. The fraction of sp³-hybridized carbons (Fsp3) is 0.333. The fourth-order valence-electron chi connectivity index (χ4n) is 2.80. The van der Waals surface area contributed by atoms with Gasteiger partial charge in [0.25, 0.3) is 0 Å². The van der Waals surface area contributed by atoms with Crippen LogP contribution in [0.5, 0.6) is 5.75 Å². The van der Waals surface area contributed by atoms with Crippen molar-refractivity contribution < 1.29 is 5.11 Å². The Kier molecular flexibility index (Phi) is 3.15. The van der Waals surface area contributed by atoms with Crippen molar-refractivity contribution in [3.05, 3.63) is 36.2 Å². The van der Waals surface area contributed by atoms with Gasteiger partial charge in [-0.15, -0.1) is 5.10 Å². The summed E-state index contributed by atoms with van der Waals surface area (Å²) in [5.41, 5.74) is 1.90. The molecule has 0 spiro atoms. The number of aryl methyl sites for hydroxylation is 1. The number of para-hydroxylation sites is 2. The van der Waals surface area contributed by atoms with Gasteiger partial charge >= 0.3 is 0 Å². The van der Waals surface area contributed by atoms with Gasteiger partial charge in [-0.2, -0.15) is 0 Å². The molecule has 4 rings (SSSR count). The topological polar surface area (TPSA) is 56.9 Å². The molecule has 0 bridgehead atoms. The largest absolute Gasteiger partial charge is 0.506 e. The highest BCUT2D eigenvalue weighted by atomic mass is 32.1. The minimum atomic E-state index is 0.346. The Hall–Kier alpha value is -2.28. The monoisotopic (exact) mass is 315 g/mol. The molecule has 1 fully saturated rings. The molecule has 3 aromatic rings. The predicted octanol–water partition coefficient (Wildman–Crippen LogP) is 2.13. The van der Waals surface area contributed by atoms with Gasteiger partial charge in [0.1, 0.15) is 5.75 Å². The van der Waals surface area contributed by atoms with Crippen molar-refractivity contribution in [2.45, 2.75) is 6.92 Å². The lowest BCUT2D eigenvalue weighted by Crippen LogP contribution is -2.46. The number of aromatic nitrogens is 3. The SMILES string of the molecule is Cc1cn2nc(N3CCN(c4ccccc4O)CC3)sc2n1. The number of imidazole rings is 1. The summed E-state index contributed by atoms with van der Waals surface area (Å²) in [4.78, 5) is 9.89. The van der Waals surface area contributed by atoms with Crippen molar-refractivity contribution in [3.8, 4) is 5.75 Å². The van der Waals surface area contributed by atoms with Gasteiger partial charge in [0, 0.05) is 26.2 Å². The van der Waals surface area contributed by atoms with E-state index in [1.165, 1.54) is 0 Å². The Bertz CT molecular complexity index is 772. The summed E-state index contributed by atoms with van der Waals surface area (Å²) in [5.74, 6) is 0.346. The lowest BCUT2D eigenvalue weighted by Gasteiger charge is -2.35. The molecule has 1 N–H and O–H groups in total. The third-order valence-corrected chi connectivity index (χ3v) is 4.91. The number of anilines is 2. The molecule has 0 atom stereocenters. The second-order valence-corrected chi connectivity index (χ2v) is 6.39. The molecule has 0 unspecified atom stereocenters. The molecule has 1 aliphatic heterocycles. The summed E-state index contributed by atoms with van der Waals surface area (Å²) in [5, 5.41) is 15.6. The van der Waals surface area contributed by atoms with Crippen LogP contribution in [-0.2, 0) is 0 Å². The van der Waals surface area contributed by atoms with Crippen molar-refractivity contribution in [1.82, 2.24) is 14.6 Å². The normalized spacial score (nSPS) is 15.7. The quantitative estimate of drug-likeness (QED) is 0.785. The number of hydrogen-bond acceptors (Lipinski definition) is 6. The highest BCUT2D eigenvalue weighted by molar-refractivity contribution is 7.20. The number of fused-ring (bicyclic) bond motifs is 1. The van der Waals surface area contributed by atoms with Crippen molar-refractivity contribution in [2.24, 2.45) is 0 Å². The van der Waals surface area contributed by atoms with Crippen LogP contribution in [0.3, 0.4) is 0 Å². The number of hydrogen-bond donors (Lipinski definition) is 1. The van der Waals surface area contributed by atoms with Crippen LogP contribution < -0.4 is 9.80 Å². The first kappa shape index (κ1) is 13.4. The van der Waals surface area contributed by atoms with E-state index in [-0.39, 0.29) is 0 Å². The van der Waals surface area contributed by atoms with Crippen LogP contribution in [0.1, 0.15) is 5.69 Å². The summed E-state index contributed by atoms with van der Waals surface area (Å²) in [6, 6.07) is 7.51. The fourth-order valence-corrected chi connectivity index (χ4v) is 3.78. The summed E-state index contributed by atoms with van der Waals surface area (Å²) in [6.45, 7) is 5.51. The van der Waals surface area contributed by atoms with Gasteiger partial charge in [-0.3, -0.25) is 0 Å². The van der Waals surface area contributed by atoms with Crippen molar-refractivity contribution >= 4 is 27.1 Å². The molecule has 1 saturated heterocycles. The minimum Gasteiger partial charge on any atom is -0.506 e. The average molecular weight is 315 g/mol. The third kappa shape index (κ3) is 2.27. The first-order valence-electron chi connectivity index (χ1n) is 7.31. The average Bonchev–Trinajstić information content (AvgIpc) is 3.05. The second-order valence-electron chi connectivity index (χ2n) is 5.46. The van der Waals surface area contributed by atoms with Crippen LogP contribution in [0.15, 0.2) is 30.5 Å². The van der Waals surface area contributed by atoms with E-state index in [2.05, 4.69) is 19.9 Å². The molecular weight excluding hydrogens is 298 g/mol. The molecular formula is C15H17N5OS. The summed E-state index contributed by atoms with van der Waals surface area (Å²) >= 11 is 1.62. The summed E-state index contributed by atoms with van der Waals surface area (Å²) < 4.78 is 1.85. The van der Waals surface area contributed by atoms with Crippen LogP contribution in [0, 0.1) is 6.92 Å². The second kappa shape index (κ2) is 5.17. The maximum atomic E-state index is 9.96. The van der Waals surface area contributed by atoms with Gasteiger partial charge in [-0.1, -0.05) is 23.5 Å². The van der Waals surface area contributed by atoms with Gasteiger partial charge in [-0.25, -0.2) is 9.50 Å². The van der Waals surface area contributed by atoms with E-state index in [0.29, 0.717) is 5.75 Å². The maximum absolute atomic E-state index is 9.96. The van der Waals surface area contributed by atoms with Gasteiger partial charge in [-0.05, 0) is 19.1 Å². The molecule has 2 aromatic heterocycles. The highest BCUT2D eigenvalue weighted by Gasteiger charge is 2.22. The lowest BCUT2D eigenvalue weighted by molar-refractivity contribution is 0.472. The highest BCUT2D eigenvalue weighted by Crippen LogP contribution is 2.29. The van der Waals surface area contributed by atoms with Crippen molar-refractivity contribution in [3.63, 3.8) is 0 Å². The van der Waals surface area contributed by atoms with Gasteiger partial charge < -0.3 is 14.9 Å².